The third-order valence-electron chi connectivity index (χ3n) is 4.41. The van der Waals surface area contributed by atoms with Crippen molar-refractivity contribution in [1.29, 1.82) is 0 Å². The molecule has 1 aromatic heterocycles. The molecule has 8 heteroatoms. The number of carbonyl (C=O) groups excluding carboxylic acids is 1. The lowest BCUT2D eigenvalue weighted by Gasteiger charge is -2.16. The van der Waals surface area contributed by atoms with Gasteiger partial charge in [-0.1, -0.05) is 19.1 Å². The predicted octanol–water partition coefficient (Wildman–Crippen LogP) is -0.555. The minimum atomic E-state index is -0.649. The van der Waals surface area contributed by atoms with E-state index >= 15 is 0 Å². The summed E-state index contributed by atoms with van der Waals surface area (Å²) in [7, 11) is 4.82. The number of hydrogen-bond donors (Lipinski definition) is 2. The second-order valence-electron chi connectivity index (χ2n) is 6.64. The molecule has 146 valence electrons. The van der Waals surface area contributed by atoms with Gasteiger partial charge in [-0.3, -0.25) is 18.7 Å². The van der Waals surface area contributed by atoms with E-state index in [0.717, 1.165) is 20.8 Å². The van der Waals surface area contributed by atoms with Crippen LogP contribution in [-0.2, 0) is 20.1 Å². The quantitative estimate of drug-likeness (QED) is 0.603. The van der Waals surface area contributed by atoms with Crippen LogP contribution >= 0.6 is 0 Å². The number of likely N-dealkylation sites (N-methyl/N-ethyl adjacent to an activating group) is 1. The largest absolute Gasteiger partial charge is 0.497 e. The molecule has 0 spiro atoms. The van der Waals surface area contributed by atoms with E-state index in [2.05, 4.69) is 0 Å². The molecule has 8 nitrogen and oxygen atoms in total. The van der Waals surface area contributed by atoms with Gasteiger partial charge in [-0.25, -0.2) is 4.79 Å². The van der Waals surface area contributed by atoms with Crippen LogP contribution in [0.1, 0.15) is 29.3 Å². The molecule has 0 amide bonds. The van der Waals surface area contributed by atoms with E-state index in [0.29, 0.717) is 19.5 Å². The number of nitrogens with one attached hydrogen (secondary N) is 1. The molecule has 27 heavy (non-hydrogen) atoms. The summed E-state index contributed by atoms with van der Waals surface area (Å²) in [5.41, 5.74) is 5.75. The van der Waals surface area contributed by atoms with Crippen LogP contribution in [0.15, 0.2) is 33.9 Å². The van der Waals surface area contributed by atoms with Crippen LogP contribution in [0.2, 0.25) is 0 Å². The van der Waals surface area contributed by atoms with Crippen molar-refractivity contribution in [3.63, 3.8) is 0 Å². The maximum Gasteiger partial charge on any atom is 0.332 e. The van der Waals surface area contributed by atoms with E-state index in [4.69, 9.17) is 10.5 Å². The van der Waals surface area contributed by atoms with E-state index in [-0.39, 0.29) is 23.7 Å². The van der Waals surface area contributed by atoms with Gasteiger partial charge in [0.2, 0.25) is 5.78 Å². The van der Waals surface area contributed by atoms with Crippen molar-refractivity contribution in [3.05, 3.63) is 56.2 Å². The van der Waals surface area contributed by atoms with Gasteiger partial charge < -0.3 is 15.4 Å². The molecule has 1 atom stereocenters. The molecular weight excluding hydrogens is 348 g/mol. The minimum Gasteiger partial charge on any atom is -0.497 e. The van der Waals surface area contributed by atoms with E-state index in [1.165, 1.54) is 11.6 Å². The highest BCUT2D eigenvalue weighted by Gasteiger charge is 2.23. The molecule has 0 saturated carbocycles. The van der Waals surface area contributed by atoms with E-state index in [1.807, 2.05) is 38.2 Å². The fourth-order valence-electron chi connectivity index (χ4n) is 3.04. The Bertz CT molecular complexity index is 946. The number of rotatable bonds is 8. The fourth-order valence-corrected chi connectivity index (χ4v) is 3.04. The highest BCUT2D eigenvalue weighted by molar-refractivity contribution is 6.00. The first-order valence-electron chi connectivity index (χ1n) is 8.86. The topological polar surface area (TPSA) is 101 Å². The summed E-state index contributed by atoms with van der Waals surface area (Å²) in [6.45, 7) is 2.91. The Morgan fingerprint density at radius 3 is 2.63 bits per heavy atom. The number of nitrogens with zero attached hydrogens (tertiary/aromatic N) is 2. The third kappa shape index (κ3) is 4.46. The van der Waals surface area contributed by atoms with Gasteiger partial charge in [0.05, 0.1) is 14.2 Å². The molecule has 2 rings (SSSR count). The minimum absolute atomic E-state index is 0.0517. The molecule has 0 aliphatic carbocycles. The summed E-state index contributed by atoms with van der Waals surface area (Å²) in [6.07, 6.45) is 0.664. The number of ketones is 1. The average Bonchev–Trinajstić information content (AvgIpc) is 2.63. The van der Waals surface area contributed by atoms with Crippen molar-refractivity contribution in [3.8, 4) is 5.75 Å². The Labute approximate surface area is 157 Å². The van der Waals surface area contributed by atoms with Crippen LogP contribution in [0.25, 0.3) is 0 Å². The van der Waals surface area contributed by atoms with Crippen LogP contribution in [0.5, 0.6) is 5.75 Å². The SMILES string of the molecule is CCCn1c(N)c(C(=O)C[NH+](C)Cc2cccc(OC)c2)c(=O)n(C)c1=O. The molecule has 3 N–H and O–H groups in total. The fraction of sp³-hybridized carbons (Fsp3) is 0.421. The molecule has 0 radical (unpaired) electrons. The normalized spacial score (nSPS) is 12.0. The molecule has 1 heterocycles. The number of aromatic nitrogens is 2. The zero-order valence-corrected chi connectivity index (χ0v) is 16.2. The van der Waals surface area contributed by atoms with Gasteiger partial charge in [-0.2, -0.15) is 0 Å². The molecule has 1 unspecified atom stereocenters. The Hall–Kier alpha value is -2.87. The monoisotopic (exact) mass is 375 g/mol. The van der Waals surface area contributed by atoms with Crippen molar-refractivity contribution in [2.45, 2.75) is 26.4 Å². The molecular formula is C19H27N4O4+. The van der Waals surface area contributed by atoms with Gasteiger partial charge >= 0.3 is 5.69 Å². The number of nitrogen functional groups attached to an aromatic ring is 1. The smallest absolute Gasteiger partial charge is 0.332 e. The summed E-state index contributed by atoms with van der Waals surface area (Å²) in [6, 6.07) is 7.59. The summed E-state index contributed by atoms with van der Waals surface area (Å²) >= 11 is 0. The lowest BCUT2D eigenvalue weighted by atomic mass is 10.1. The van der Waals surface area contributed by atoms with Crippen molar-refractivity contribution in [2.24, 2.45) is 7.05 Å². The standard InChI is InChI=1S/C19H26N4O4/c1-5-9-23-17(20)16(18(25)22(3)19(23)26)15(24)12-21(2)11-13-7-6-8-14(10-13)27-4/h6-8,10H,5,9,11-12,20H2,1-4H3/p+1. The number of methoxy groups -OCH3 is 1. The van der Waals surface area contributed by atoms with Gasteiger partial charge in [-0.05, 0) is 18.6 Å². The zero-order chi connectivity index (χ0) is 20.1. The second kappa shape index (κ2) is 8.68. The summed E-state index contributed by atoms with van der Waals surface area (Å²) < 4.78 is 7.43. The Kier molecular flexibility index (Phi) is 6.57. The number of Topliss-reactive ketones (excluding diaryl/α,β-unsaturated/α-hetero) is 1. The maximum absolute atomic E-state index is 12.8. The first-order chi connectivity index (χ1) is 12.8. The first kappa shape index (κ1) is 20.4. The van der Waals surface area contributed by atoms with Crippen molar-refractivity contribution >= 4 is 11.6 Å². The highest BCUT2D eigenvalue weighted by atomic mass is 16.5. The third-order valence-corrected chi connectivity index (χ3v) is 4.41. The van der Waals surface area contributed by atoms with Gasteiger partial charge in [0.25, 0.3) is 5.56 Å². The van der Waals surface area contributed by atoms with E-state index < -0.39 is 11.2 Å². The molecule has 0 saturated heterocycles. The van der Waals surface area contributed by atoms with Crippen LogP contribution in [0.4, 0.5) is 5.82 Å². The van der Waals surface area contributed by atoms with Crippen molar-refractivity contribution < 1.29 is 14.4 Å². The van der Waals surface area contributed by atoms with Crippen molar-refractivity contribution in [2.75, 3.05) is 26.4 Å². The zero-order valence-electron chi connectivity index (χ0n) is 16.2. The maximum atomic E-state index is 12.8. The van der Waals surface area contributed by atoms with Gasteiger partial charge in [0, 0.05) is 19.2 Å². The van der Waals surface area contributed by atoms with Crippen molar-refractivity contribution in [1.82, 2.24) is 9.13 Å². The number of hydrogen-bond acceptors (Lipinski definition) is 5. The number of anilines is 1. The molecule has 0 aliphatic rings. The van der Waals surface area contributed by atoms with Crippen LogP contribution in [0.3, 0.4) is 0 Å². The van der Waals surface area contributed by atoms with Crippen LogP contribution in [-0.4, -0.2) is 35.6 Å². The second-order valence-corrected chi connectivity index (χ2v) is 6.64. The lowest BCUT2D eigenvalue weighted by Crippen LogP contribution is -3.08. The number of quaternary nitrogens is 1. The number of ether oxygens (including phenoxy) is 1. The first-order valence-corrected chi connectivity index (χ1v) is 8.86. The lowest BCUT2D eigenvalue weighted by molar-refractivity contribution is -0.884. The molecule has 1 aromatic carbocycles. The van der Waals surface area contributed by atoms with E-state index in [9.17, 15) is 14.4 Å². The van der Waals surface area contributed by atoms with Gasteiger partial charge in [0.1, 0.15) is 30.2 Å². The summed E-state index contributed by atoms with van der Waals surface area (Å²) in [5, 5.41) is 0. The number of benzene rings is 1. The van der Waals surface area contributed by atoms with Gasteiger partial charge in [-0.15, -0.1) is 0 Å². The van der Waals surface area contributed by atoms with E-state index in [1.54, 1.807) is 7.11 Å². The summed E-state index contributed by atoms with van der Waals surface area (Å²) in [5.74, 6) is 0.318. The Morgan fingerprint density at radius 2 is 2.00 bits per heavy atom. The number of carbonyl (C=O) groups is 1. The average molecular weight is 375 g/mol. The number of nitrogens with two attached hydrogens (primary N) is 1. The molecule has 0 bridgehead atoms. The molecule has 0 fully saturated rings. The molecule has 2 aromatic rings. The highest BCUT2D eigenvalue weighted by Crippen LogP contribution is 2.11. The Balaban J connectivity index is 2.27. The predicted molar refractivity (Wildman–Crippen MR) is 103 cm³/mol. The Morgan fingerprint density at radius 1 is 1.30 bits per heavy atom. The molecule has 0 aliphatic heterocycles. The van der Waals surface area contributed by atoms with Crippen LogP contribution < -0.4 is 26.6 Å². The summed E-state index contributed by atoms with van der Waals surface area (Å²) in [4.78, 5) is 38.3. The van der Waals surface area contributed by atoms with Crippen LogP contribution in [0, 0.1) is 0 Å². The van der Waals surface area contributed by atoms with Gasteiger partial charge in [0.15, 0.2) is 0 Å².